The third kappa shape index (κ3) is 4.12. The van der Waals surface area contributed by atoms with Crippen LogP contribution in [0.4, 0.5) is 4.39 Å². The van der Waals surface area contributed by atoms with Gasteiger partial charge in [-0.1, -0.05) is 19.1 Å². The number of rotatable bonds is 8. The van der Waals surface area contributed by atoms with Crippen LogP contribution in [0.2, 0.25) is 0 Å². The van der Waals surface area contributed by atoms with Crippen LogP contribution >= 0.6 is 0 Å². The first-order valence-corrected chi connectivity index (χ1v) is 10.9. The molecule has 1 atom stereocenters. The third-order valence-electron chi connectivity index (χ3n) is 5.58. The summed E-state index contributed by atoms with van der Waals surface area (Å²) in [7, 11) is 3.94. The van der Waals surface area contributed by atoms with Crippen LogP contribution in [0.15, 0.2) is 51.7 Å². The van der Waals surface area contributed by atoms with Crippen molar-refractivity contribution in [1.82, 2.24) is 9.80 Å². The van der Waals surface area contributed by atoms with Gasteiger partial charge in [-0.15, -0.1) is 0 Å². The summed E-state index contributed by atoms with van der Waals surface area (Å²) >= 11 is 0. The molecule has 1 aromatic heterocycles. The van der Waals surface area contributed by atoms with Crippen LogP contribution in [0, 0.1) is 5.82 Å². The monoisotopic (exact) mass is 438 g/mol. The van der Waals surface area contributed by atoms with Gasteiger partial charge in [0.1, 0.15) is 17.1 Å². The maximum atomic E-state index is 13.9. The molecule has 2 heterocycles. The molecule has 1 amide bonds. The second-order valence-corrected chi connectivity index (χ2v) is 8.29. The first-order chi connectivity index (χ1) is 15.4. The minimum Gasteiger partial charge on any atom is -0.494 e. The SMILES string of the molecule is CCCOc1cccc([C@H]2c3c(oc4ccc(F)cc4c3=O)C(=O)N2CCCN(C)C)c1. The highest BCUT2D eigenvalue weighted by molar-refractivity contribution is 5.99. The number of hydrogen-bond donors (Lipinski definition) is 0. The normalized spacial score (nSPS) is 15.6. The van der Waals surface area contributed by atoms with E-state index in [9.17, 15) is 14.0 Å². The number of carbonyl (C=O) groups is 1. The highest BCUT2D eigenvalue weighted by atomic mass is 19.1. The predicted octanol–water partition coefficient (Wildman–Crippen LogP) is 4.22. The van der Waals surface area contributed by atoms with Crippen molar-refractivity contribution in [2.75, 3.05) is 33.8 Å². The van der Waals surface area contributed by atoms with Crippen LogP contribution in [0.1, 0.15) is 47.5 Å². The Morgan fingerprint density at radius 3 is 2.72 bits per heavy atom. The molecule has 0 saturated carbocycles. The summed E-state index contributed by atoms with van der Waals surface area (Å²) in [5.74, 6) is -0.145. The van der Waals surface area contributed by atoms with Gasteiger partial charge in [-0.25, -0.2) is 4.39 Å². The number of amides is 1. The van der Waals surface area contributed by atoms with Gasteiger partial charge in [0.25, 0.3) is 5.91 Å². The zero-order valence-corrected chi connectivity index (χ0v) is 18.6. The minimum absolute atomic E-state index is 0.0313. The number of ether oxygens (including phenoxy) is 1. The molecule has 168 valence electrons. The van der Waals surface area contributed by atoms with Crippen molar-refractivity contribution < 1.29 is 18.3 Å². The molecular formula is C25H27FN2O4. The molecule has 0 bridgehead atoms. The lowest BCUT2D eigenvalue weighted by Crippen LogP contribution is -2.32. The lowest BCUT2D eigenvalue weighted by Gasteiger charge is -2.26. The molecule has 1 aliphatic heterocycles. The molecule has 1 aliphatic rings. The molecule has 0 fully saturated rings. The van der Waals surface area contributed by atoms with Crippen LogP contribution < -0.4 is 10.2 Å². The van der Waals surface area contributed by atoms with Gasteiger partial charge in [0.05, 0.1) is 23.6 Å². The largest absolute Gasteiger partial charge is 0.494 e. The highest BCUT2D eigenvalue weighted by Gasteiger charge is 2.42. The second kappa shape index (κ2) is 9.12. The van der Waals surface area contributed by atoms with E-state index in [0.29, 0.717) is 18.9 Å². The van der Waals surface area contributed by atoms with Crippen molar-refractivity contribution in [3.8, 4) is 5.75 Å². The topological polar surface area (TPSA) is 63.0 Å². The van der Waals surface area contributed by atoms with Gasteiger partial charge in [-0.2, -0.15) is 0 Å². The molecule has 0 aliphatic carbocycles. The van der Waals surface area contributed by atoms with Gasteiger partial charge >= 0.3 is 0 Å². The van der Waals surface area contributed by atoms with Crippen LogP contribution in [-0.2, 0) is 0 Å². The van der Waals surface area contributed by atoms with E-state index in [1.54, 1.807) is 4.90 Å². The van der Waals surface area contributed by atoms with Crippen LogP contribution in [0.3, 0.4) is 0 Å². The van der Waals surface area contributed by atoms with E-state index >= 15 is 0 Å². The van der Waals surface area contributed by atoms with Gasteiger partial charge < -0.3 is 19.0 Å². The van der Waals surface area contributed by atoms with Gasteiger partial charge in [-0.3, -0.25) is 9.59 Å². The fraction of sp³-hybridized carbons (Fsp3) is 0.360. The average molecular weight is 438 g/mol. The Bertz CT molecular complexity index is 1200. The molecule has 7 heteroatoms. The number of nitrogens with zero attached hydrogens (tertiary/aromatic N) is 2. The zero-order valence-electron chi connectivity index (χ0n) is 18.6. The van der Waals surface area contributed by atoms with E-state index in [-0.39, 0.29) is 33.6 Å². The maximum absolute atomic E-state index is 13.9. The zero-order chi connectivity index (χ0) is 22.8. The second-order valence-electron chi connectivity index (χ2n) is 8.29. The summed E-state index contributed by atoms with van der Waals surface area (Å²) < 4.78 is 25.5. The average Bonchev–Trinajstić information content (AvgIpc) is 3.05. The number of halogens is 1. The molecule has 0 N–H and O–H groups in total. The summed E-state index contributed by atoms with van der Waals surface area (Å²) in [4.78, 5) is 30.5. The molecule has 4 rings (SSSR count). The van der Waals surface area contributed by atoms with Gasteiger partial charge in [0, 0.05) is 6.54 Å². The quantitative estimate of drug-likeness (QED) is 0.527. The Balaban J connectivity index is 1.84. The van der Waals surface area contributed by atoms with Crippen molar-refractivity contribution in [2.45, 2.75) is 25.8 Å². The van der Waals surface area contributed by atoms with Gasteiger partial charge in [0.15, 0.2) is 5.43 Å². The first kappa shape index (κ1) is 22.0. The smallest absolute Gasteiger partial charge is 0.290 e. The molecule has 6 nitrogen and oxygen atoms in total. The molecule has 0 unspecified atom stereocenters. The number of carbonyl (C=O) groups excluding carboxylic acids is 1. The maximum Gasteiger partial charge on any atom is 0.290 e. The van der Waals surface area contributed by atoms with E-state index in [1.807, 2.05) is 50.2 Å². The van der Waals surface area contributed by atoms with E-state index in [1.165, 1.54) is 18.2 Å². The molecule has 2 aromatic carbocycles. The van der Waals surface area contributed by atoms with Crippen molar-refractivity contribution in [3.05, 3.63) is 75.4 Å². The molecule has 3 aromatic rings. The van der Waals surface area contributed by atoms with Crippen molar-refractivity contribution in [1.29, 1.82) is 0 Å². The Kier molecular flexibility index (Phi) is 6.28. The Morgan fingerprint density at radius 1 is 1.16 bits per heavy atom. The Labute approximate surface area is 186 Å². The minimum atomic E-state index is -0.617. The summed E-state index contributed by atoms with van der Waals surface area (Å²) in [5, 5.41) is 0.134. The number of fused-ring (bicyclic) bond motifs is 2. The summed E-state index contributed by atoms with van der Waals surface area (Å²) in [6, 6.07) is 10.6. The lowest BCUT2D eigenvalue weighted by molar-refractivity contribution is 0.0722. The van der Waals surface area contributed by atoms with E-state index in [4.69, 9.17) is 9.15 Å². The van der Waals surface area contributed by atoms with Gasteiger partial charge in [-0.05, 0) is 69.4 Å². The van der Waals surface area contributed by atoms with Crippen molar-refractivity contribution in [2.24, 2.45) is 0 Å². The summed E-state index contributed by atoms with van der Waals surface area (Å²) in [5.41, 5.74) is 0.843. The van der Waals surface area contributed by atoms with Crippen molar-refractivity contribution >= 4 is 16.9 Å². The predicted molar refractivity (Wildman–Crippen MR) is 121 cm³/mol. The molecule has 0 radical (unpaired) electrons. The Hall–Kier alpha value is -3.19. The van der Waals surface area contributed by atoms with Crippen LogP contribution in [-0.4, -0.2) is 49.5 Å². The number of benzene rings is 2. The van der Waals surface area contributed by atoms with Crippen molar-refractivity contribution in [3.63, 3.8) is 0 Å². The molecule has 0 saturated heterocycles. The lowest BCUT2D eigenvalue weighted by atomic mass is 9.98. The fourth-order valence-corrected chi connectivity index (χ4v) is 4.12. The summed E-state index contributed by atoms with van der Waals surface area (Å²) in [6.07, 6.45) is 1.60. The highest BCUT2D eigenvalue weighted by Crippen LogP contribution is 2.39. The van der Waals surface area contributed by atoms with E-state index in [2.05, 4.69) is 0 Å². The van der Waals surface area contributed by atoms with Gasteiger partial charge in [0.2, 0.25) is 5.76 Å². The van der Waals surface area contributed by atoms with E-state index in [0.717, 1.165) is 24.9 Å². The standard InChI is InChI=1S/C25H27FN2O4/c1-4-13-31-18-8-5-7-16(14-18)22-21-23(29)19-15-17(26)9-10-20(19)32-24(21)25(30)28(22)12-6-11-27(2)3/h5,7-10,14-15,22H,4,6,11-13H2,1-3H3/t22-/m0/s1. The Morgan fingerprint density at radius 2 is 1.97 bits per heavy atom. The molecule has 32 heavy (non-hydrogen) atoms. The summed E-state index contributed by atoms with van der Waals surface area (Å²) in [6.45, 7) is 3.84. The van der Waals surface area contributed by atoms with Crippen LogP contribution in [0.25, 0.3) is 11.0 Å². The number of hydrogen-bond acceptors (Lipinski definition) is 5. The fourth-order valence-electron chi connectivity index (χ4n) is 4.12. The molecule has 0 spiro atoms. The van der Waals surface area contributed by atoms with Crippen LogP contribution in [0.5, 0.6) is 5.75 Å². The third-order valence-corrected chi connectivity index (χ3v) is 5.58. The van der Waals surface area contributed by atoms with E-state index < -0.39 is 11.9 Å². The molecular weight excluding hydrogens is 411 g/mol. The first-order valence-electron chi connectivity index (χ1n) is 10.9.